The summed E-state index contributed by atoms with van der Waals surface area (Å²) in [5, 5.41) is 10.4. The number of carbonyl (C=O) groups excluding carboxylic acids is 1. The van der Waals surface area contributed by atoms with Gasteiger partial charge in [0.15, 0.2) is 5.82 Å². The molecule has 1 fully saturated rings. The maximum absolute atomic E-state index is 12.0. The summed E-state index contributed by atoms with van der Waals surface area (Å²) >= 11 is 0. The summed E-state index contributed by atoms with van der Waals surface area (Å²) in [6.07, 6.45) is 7.32. The number of anilines is 1. The Morgan fingerprint density at radius 2 is 2.19 bits per heavy atom. The summed E-state index contributed by atoms with van der Waals surface area (Å²) in [4.78, 5) is 15.9. The third kappa shape index (κ3) is 4.03. The third-order valence-corrected chi connectivity index (χ3v) is 3.36. The smallest absolute Gasteiger partial charge is 0.242 e. The Hall–Kier alpha value is -1.92. The van der Waals surface area contributed by atoms with Crippen molar-refractivity contribution in [3.63, 3.8) is 0 Å². The fourth-order valence-corrected chi connectivity index (χ4v) is 2.31. The first-order valence-corrected chi connectivity index (χ1v) is 6.78. The first-order chi connectivity index (χ1) is 9.81. The number of nitrogens with one attached hydrogen (secondary N) is 2. The van der Waals surface area contributed by atoms with Gasteiger partial charge in [-0.2, -0.15) is 5.10 Å². The summed E-state index contributed by atoms with van der Waals surface area (Å²) in [5.41, 5.74) is 1.12. The molecule has 1 amide bonds. The molecule has 0 aromatic carbocycles. The highest BCUT2D eigenvalue weighted by molar-refractivity contribution is 5.94. The van der Waals surface area contributed by atoms with E-state index < -0.39 is 0 Å². The summed E-state index contributed by atoms with van der Waals surface area (Å²) < 4.78 is 1.80. The number of aromatic nitrogens is 3. The maximum atomic E-state index is 12.0. The first-order valence-electron chi connectivity index (χ1n) is 6.78. The molecule has 1 aliphatic heterocycles. The summed E-state index contributed by atoms with van der Waals surface area (Å²) in [5.74, 6) is 0.592. The lowest BCUT2D eigenvalue weighted by Crippen LogP contribution is -2.35. The number of pyridine rings is 1. The normalized spacial score (nSPS) is 17.2. The average molecular weight is 308 g/mol. The van der Waals surface area contributed by atoms with E-state index in [0.29, 0.717) is 12.4 Å². The maximum Gasteiger partial charge on any atom is 0.242 e. The molecule has 0 bridgehead atoms. The minimum Gasteiger partial charge on any atom is -0.308 e. The molecule has 3 heterocycles. The summed E-state index contributed by atoms with van der Waals surface area (Å²) in [6.45, 7) is 1.58. The van der Waals surface area contributed by atoms with Crippen LogP contribution in [0.5, 0.6) is 0 Å². The third-order valence-electron chi connectivity index (χ3n) is 3.36. The van der Waals surface area contributed by atoms with Crippen molar-refractivity contribution in [2.45, 2.75) is 25.4 Å². The summed E-state index contributed by atoms with van der Waals surface area (Å²) in [7, 11) is 0. The largest absolute Gasteiger partial charge is 0.308 e. The van der Waals surface area contributed by atoms with Crippen LogP contribution in [0.25, 0.3) is 0 Å². The monoisotopic (exact) mass is 307 g/mol. The van der Waals surface area contributed by atoms with Gasteiger partial charge in [-0.25, -0.2) is 0 Å². The standard InChI is InChI=1S/C14H17N5O.ClH/c20-14(12-2-1-6-16-12)17-13-5-9-19(18-13)10-11-3-7-15-8-4-11;/h3-5,7-9,12,16H,1-2,6,10H2,(H,17,18,20);1H. The molecule has 1 unspecified atom stereocenters. The number of amides is 1. The molecular weight excluding hydrogens is 290 g/mol. The Morgan fingerprint density at radius 3 is 2.90 bits per heavy atom. The van der Waals surface area contributed by atoms with Crippen LogP contribution in [0.15, 0.2) is 36.8 Å². The van der Waals surface area contributed by atoms with Gasteiger partial charge in [-0.1, -0.05) is 0 Å². The molecule has 1 saturated heterocycles. The van der Waals surface area contributed by atoms with Crippen LogP contribution in [0, 0.1) is 0 Å². The molecule has 0 saturated carbocycles. The zero-order valence-electron chi connectivity index (χ0n) is 11.5. The van der Waals surface area contributed by atoms with Crippen LogP contribution in [-0.4, -0.2) is 33.3 Å². The van der Waals surface area contributed by atoms with Gasteiger partial charge >= 0.3 is 0 Å². The van der Waals surface area contributed by atoms with Gasteiger partial charge in [-0.3, -0.25) is 14.5 Å². The summed E-state index contributed by atoms with van der Waals surface area (Å²) in [6, 6.07) is 5.62. The van der Waals surface area contributed by atoms with E-state index in [9.17, 15) is 4.79 Å². The van der Waals surface area contributed by atoms with E-state index in [1.54, 1.807) is 17.1 Å². The SMILES string of the molecule is Cl.O=C(Nc1ccn(Cc2ccncc2)n1)C1CCCN1. The van der Waals surface area contributed by atoms with Crippen LogP contribution in [0.4, 0.5) is 5.82 Å². The Balaban J connectivity index is 0.00000161. The van der Waals surface area contributed by atoms with Gasteiger partial charge in [0.1, 0.15) is 0 Å². The molecule has 1 aliphatic rings. The number of hydrogen-bond acceptors (Lipinski definition) is 4. The Labute approximate surface area is 129 Å². The number of halogens is 1. The number of rotatable bonds is 4. The van der Waals surface area contributed by atoms with E-state index in [1.165, 1.54) is 0 Å². The van der Waals surface area contributed by atoms with E-state index in [1.807, 2.05) is 24.4 Å². The molecule has 2 aromatic rings. The number of carbonyl (C=O) groups is 1. The van der Waals surface area contributed by atoms with Gasteiger partial charge in [-0.05, 0) is 37.1 Å². The predicted molar refractivity (Wildman–Crippen MR) is 82.5 cm³/mol. The van der Waals surface area contributed by atoms with Gasteiger partial charge in [0, 0.05) is 24.7 Å². The molecule has 0 aliphatic carbocycles. The van der Waals surface area contributed by atoms with Crippen molar-refractivity contribution < 1.29 is 4.79 Å². The van der Waals surface area contributed by atoms with E-state index >= 15 is 0 Å². The number of hydrogen-bond donors (Lipinski definition) is 2. The molecule has 7 heteroatoms. The lowest BCUT2D eigenvalue weighted by molar-refractivity contribution is -0.117. The molecule has 3 rings (SSSR count). The van der Waals surface area contributed by atoms with E-state index in [-0.39, 0.29) is 24.4 Å². The molecule has 2 aromatic heterocycles. The Bertz CT molecular complexity index is 580. The minimum absolute atomic E-state index is 0. The lowest BCUT2D eigenvalue weighted by atomic mass is 10.2. The minimum atomic E-state index is -0.0830. The predicted octanol–water partition coefficient (Wildman–Crippen LogP) is 1.44. The molecule has 2 N–H and O–H groups in total. The Morgan fingerprint density at radius 1 is 1.38 bits per heavy atom. The van der Waals surface area contributed by atoms with Gasteiger partial charge in [0.25, 0.3) is 0 Å². The first kappa shape index (κ1) is 15.5. The van der Waals surface area contributed by atoms with Crippen molar-refractivity contribution in [2.24, 2.45) is 0 Å². The van der Waals surface area contributed by atoms with Crippen LogP contribution in [0.1, 0.15) is 18.4 Å². The Kier molecular flexibility index (Phi) is 5.30. The van der Waals surface area contributed by atoms with Gasteiger partial charge in [0.2, 0.25) is 5.91 Å². The van der Waals surface area contributed by atoms with Crippen molar-refractivity contribution in [1.82, 2.24) is 20.1 Å². The highest BCUT2D eigenvalue weighted by atomic mass is 35.5. The van der Waals surface area contributed by atoms with Crippen LogP contribution >= 0.6 is 12.4 Å². The van der Waals surface area contributed by atoms with Gasteiger partial charge in [0.05, 0.1) is 12.6 Å². The van der Waals surface area contributed by atoms with Crippen LogP contribution < -0.4 is 10.6 Å². The molecule has 0 spiro atoms. The topological polar surface area (TPSA) is 71.8 Å². The van der Waals surface area contributed by atoms with Crippen LogP contribution in [0.3, 0.4) is 0 Å². The quantitative estimate of drug-likeness (QED) is 0.896. The van der Waals surface area contributed by atoms with E-state index in [2.05, 4.69) is 20.7 Å². The zero-order valence-corrected chi connectivity index (χ0v) is 12.3. The van der Waals surface area contributed by atoms with E-state index in [0.717, 1.165) is 24.9 Å². The van der Waals surface area contributed by atoms with Crippen LogP contribution in [-0.2, 0) is 11.3 Å². The van der Waals surface area contributed by atoms with Gasteiger partial charge in [-0.15, -0.1) is 12.4 Å². The average Bonchev–Trinajstić information content (AvgIpc) is 3.11. The van der Waals surface area contributed by atoms with Crippen molar-refractivity contribution in [1.29, 1.82) is 0 Å². The molecule has 21 heavy (non-hydrogen) atoms. The second-order valence-corrected chi connectivity index (χ2v) is 4.89. The molecule has 0 radical (unpaired) electrons. The molecular formula is C14H18ClN5O. The van der Waals surface area contributed by atoms with Crippen LogP contribution in [0.2, 0.25) is 0 Å². The highest BCUT2D eigenvalue weighted by Gasteiger charge is 2.22. The van der Waals surface area contributed by atoms with Crippen molar-refractivity contribution in [3.8, 4) is 0 Å². The van der Waals surface area contributed by atoms with Crippen molar-refractivity contribution in [3.05, 3.63) is 42.4 Å². The van der Waals surface area contributed by atoms with E-state index in [4.69, 9.17) is 0 Å². The molecule has 1 atom stereocenters. The second kappa shape index (κ2) is 7.19. The highest BCUT2D eigenvalue weighted by Crippen LogP contribution is 2.10. The van der Waals surface area contributed by atoms with Crippen molar-refractivity contribution >= 4 is 24.1 Å². The number of nitrogens with zero attached hydrogens (tertiary/aromatic N) is 3. The lowest BCUT2D eigenvalue weighted by Gasteiger charge is -2.08. The second-order valence-electron chi connectivity index (χ2n) is 4.89. The van der Waals surface area contributed by atoms with Gasteiger partial charge < -0.3 is 10.6 Å². The molecule has 6 nitrogen and oxygen atoms in total. The molecule has 112 valence electrons. The zero-order chi connectivity index (χ0) is 13.8. The van der Waals surface area contributed by atoms with Crippen molar-refractivity contribution in [2.75, 3.05) is 11.9 Å². The fraction of sp³-hybridized carbons (Fsp3) is 0.357. The fourth-order valence-electron chi connectivity index (χ4n) is 2.31.